The number of carbonyl (C=O) groups is 2. The second-order valence-electron chi connectivity index (χ2n) is 11.4. The van der Waals surface area contributed by atoms with E-state index >= 15 is 8.78 Å². The second-order valence-corrected chi connectivity index (χ2v) is 13.0. The van der Waals surface area contributed by atoms with E-state index in [0.29, 0.717) is 29.3 Å². The molecule has 1 atom stereocenters. The van der Waals surface area contributed by atoms with E-state index in [9.17, 15) is 18.0 Å². The number of fused-ring (bicyclic) bond motifs is 1. The van der Waals surface area contributed by atoms with E-state index in [4.69, 9.17) is 9.47 Å². The minimum atomic E-state index is -4.49. The molecule has 234 valence electrons. The minimum Gasteiger partial charge on any atom is -0.483 e. The first-order valence-corrected chi connectivity index (χ1v) is 16.0. The SMILES string of the molecule is CC(C)CCN(C(=O)OCc1ccccc1)[C@@H]1CCc2c(F)c(OCc3ccccc3)c(N3CC(=O)NS3(=O)=O)c(F)c2C1. The van der Waals surface area contributed by atoms with E-state index in [-0.39, 0.29) is 43.1 Å². The third kappa shape index (κ3) is 6.80. The Balaban J connectivity index is 1.49. The molecular weight excluding hydrogens is 592 g/mol. The highest BCUT2D eigenvalue weighted by Gasteiger charge is 2.42. The molecule has 0 unspecified atom stereocenters. The molecule has 1 aliphatic carbocycles. The van der Waals surface area contributed by atoms with Crippen LogP contribution < -0.4 is 13.8 Å². The number of halogens is 2. The second kappa shape index (κ2) is 13.2. The maximum Gasteiger partial charge on any atom is 0.410 e. The van der Waals surface area contributed by atoms with Crippen LogP contribution in [0.15, 0.2) is 60.7 Å². The normalized spacial score (nSPS) is 17.2. The molecule has 5 rings (SSSR count). The average Bonchev–Trinajstić information content (AvgIpc) is 3.28. The van der Waals surface area contributed by atoms with Gasteiger partial charge in [-0.1, -0.05) is 74.5 Å². The molecule has 0 radical (unpaired) electrons. The Labute approximate surface area is 255 Å². The first-order valence-electron chi connectivity index (χ1n) is 14.5. The van der Waals surface area contributed by atoms with Gasteiger partial charge in [0.05, 0.1) is 0 Å². The molecule has 44 heavy (non-hydrogen) atoms. The molecule has 1 saturated heterocycles. The molecule has 2 amide bonds. The Hall–Kier alpha value is -4.19. The molecule has 12 heteroatoms. The van der Waals surface area contributed by atoms with Crippen LogP contribution in [0.2, 0.25) is 0 Å². The molecule has 2 aliphatic rings. The molecule has 1 fully saturated rings. The minimum absolute atomic E-state index is 0.0548. The van der Waals surface area contributed by atoms with Crippen molar-refractivity contribution in [1.29, 1.82) is 0 Å². The lowest BCUT2D eigenvalue weighted by molar-refractivity contribution is -0.117. The Bertz CT molecular complexity index is 1620. The van der Waals surface area contributed by atoms with Gasteiger partial charge < -0.3 is 14.4 Å². The summed E-state index contributed by atoms with van der Waals surface area (Å²) in [6.45, 7) is 3.57. The van der Waals surface area contributed by atoms with Gasteiger partial charge >= 0.3 is 16.3 Å². The lowest BCUT2D eigenvalue weighted by atomic mass is 9.85. The highest BCUT2D eigenvalue weighted by Crippen LogP contribution is 2.44. The van der Waals surface area contributed by atoms with Gasteiger partial charge in [-0.15, -0.1) is 0 Å². The van der Waals surface area contributed by atoms with Gasteiger partial charge in [0.2, 0.25) is 0 Å². The van der Waals surface area contributed by atoms with Gasteiger partial charge in [0.25, 0.3) is 5.91 Å². The molecule has 1 heterocycles. The van der Waals surface area contributed by atoms with Crippen molar-refractivity contribution in [3.05, 3.63) is 94.6 Å². The molecule has 0 saturated carbocycles. The molecular formula is C32H35F2N3O6S. The molecule has 0 aromatic heterocycles. The van der Waals surface area contributed by atoms with Crippen molar-refractivity contribution in [2.75, 3.05) is 17.4 Å². The first-order chi connectivity index (χ1) is 21.0. The zero-order chi connectivity index (χ0) is 31.4. The van der Waals surface area contributed by atoms with Gasteiger partial charge in [0, 0.05) is 12.6 Å². The standard InChI is InChI=1S/C32H35F2N3O6S/c1-21(2)15-16-36(32(39)43-20-23-11-7-4-8-12-23)24-13-14-25-26(17-24)28(33)30(37-18-27(38)35-44(37,40)41)31(29(25)34)42-19-22-9-5-3-6-10-22/h3-12,21,24H,13-20H2,1-2H3,(H,35,38)/t24-/m1/s1. The summed E-state index contributed by atoms with van der Waals surface area (Å²) in [5.41, 5.74) is 0.805. The summed E-state index contributed by atoms with van der Waals surface area (Å²) < 4.78 is 72.1. The van der Waals surface area contributed by atoms with Crippen LogP contribution >= 0.6 is 0 Å². The van der Waals surface area contributed by atoms with Gasteiger partial charge in [0.15, 0.2) is 17.4 Å². The number of hydrogen-bond donors (Lipinski definition) is 1. The predicted molar refractivity (Wildman–Crippen MR) is 160 cm³/mol. The van der Waals surface area contributed by atoms with Crippen molar-refractivity contribution in [2.24, 2.45) is 5.92 Å². The van der Waals surface area contributed by atoms with E-state index in [1.165, 1.54) is 0 Å². The fourth-order valence-electron chi connectivity index (χ4n) is 5.49. The number of rotatable bonds is 10. The highest BCUT2D eigenvalue weighted by molar-refractivity contribution is 7.92. The Kier molecular flexibility index (Phi) is 9.38. The van der Waals surface area contributed by atoms with Crippen molar-refractivity contribution in [3.8, 4) is 5.75 Å². The smallest absolute Gasteiger partial charge is 0.410 e. The molecule has 3 aromatic carbocycles. The monoisotopic (exact) mass is 627 g/mol. The van der Waals surface area contributed by atoms with Crippen LogP contribution in [-0.2, 0) is 45.8 Å². The number of amides is 2. The summed E-state index contributed by atoms with van der Waals surface area (Å²) in [4.78, 5) is 27.0. The number of benzene rings is 3. The third-order valence-electron chi connectivity index (χ3n) is 7.81. The highest BCUT2D eigenvalue weighted by atomic mass is 32.2. The largest absolute Gasteiger partial charge is 0.483 e. The number of hydrogen-bond acceptors (Lipinski definition) is 6. The summed E-state index contributed by atoms with van der Waals surface area (Å²) in [7, 11) is -4.49. The van der Waals surface area contributed by atoms with Crippen molar-refractivity contribution >= 4 is 27.9 Å². The fourth-order valence-corrected chi connectivity index (χ4v) is 6.64. The fraction of sp³-hybridized carbons (Fsp3) is 0.375. The Morgan fingerprint density at radius 1 is 1.00 bits per heavy atom. The topological polar surface area (TPSA) is 105 Å². The van der Waals surface area contributed by atoms with Gasteiger partial charge in [-0.2, -0.15) is 8.42 Å². The summed E-state index contributed by atoms with van der Waals surface area (Å²) in [5.74, 6) is -3.08. The van der Waals surface area contributed by atoms with Crippen LogP contribution in [0.5, 0.6) is 5.75 Å². The van der Waals surface area contributed by atoms with Crippen LogP contribution in [0.3, 0.4) is 0 Å². The van der Waals surface area contributed by atoms with Crippen molar-refractivity contribution < 1.29 is 36.3 Å². The average molecular weight is 628 g/mol. The zero-order valence-electron chi connectivity index (χ0n) is 24.6. The van der Waals surface area contributed by atoms with Crippen molar-refractivity contribution in [3.63, 3.8) is 0 Å². The van der Waals surface area contributed by atoms with Crippen LogP contribution in [0.25, 0.3) is 0 Å². The maximum atomic E-state index is 16.5. The van der Waals surface area contributed by atoms with E-state index < -0.39 is 57.9 Å². The van der Waals surface area contributed by atoms with Gasteiger partial charge in [0.1, 0.15) is 25.4 Å². The van der Waals surface area contributed by atoms with Crippen LogP contribution in [0.1, 0.15) is 48.9 Å². The Morgan fingerprint density at radius 2 is 1.64 bits per heavy atom. The molecule has 1 aliphatic heterocycles. The summed E-state index contributed by atoms with van der Waals surface area (Å²) in [6.07, 6.45) is 0.444. The van der Waals surface area contributed by atoms with Crippen molar-refractivity contribution in [1.82, 2.24) is 9.62 Å². The van der Waals surface area contributed by atoms with Gasteiger partial charge in [-0.25, -0.2) is 22.6 Å². The van der Waals surface area contributed by atoms with Crippen LogP contribution in [0.4, 0.5) is 19.3 Å². The van der Waals surface area contributed by atoms with Crippen LogP contribution in [-0.4, -0.2) is 44.4 Å². The van der Waals surface area contributed by atoms with E-state index in [0.717, 1.165) is 5.56 Å². The zero-order valence-corrected chi connectivity index (χ0v) is 25.4. The summed E-state index contributed by atoms with van der Waals surface area (Å²) >= 11 is 0. The molecule has 0 spiro atoms. The van der Waals surface area contributed by atoms with E-state index in [1.807, 2.05) is 48.9 Å². The summed E-state index contributed by atoms with van der Waals surface area (Å²) in [6, 6.07) is 17.5. The van der Waals surface area contributed by atoms with E-state index in [1.54, 1.807) is 35.2 Å². The summed E-state index contributed by atoms with van der Waals surface area (Å²) in [5, 5.41) is 0. The van der Waals surface area contributed by atoms with Gasteiger partial charge in [-0.05, 0) is 53.9 Å². The molecule has 0 bridgehead atoms. The lowest BCUT2D eigenvalue weighted by Gasteiger charge is -2.36. The molecule has 3 aromatic rings. The third-order valence-corrected chi connectivity index (χ3v) is 9.18. The number of nitrogens with zero attached hydrogens (tertiary/aromatic N) is 2. The number of ether oxygens (including phenoxy) is 2. The molecule has 1 N–H and O–H groups in total. The first kappa shape index (κ1) is 31.2. The van der Waals surface area contributed by atoms with Crippen molar-refractivity contribution in [2.45, 2.75) is 58.8 Å². The lowest BCUT2D eigenvalue weighted by Crippen LogP contribution is -2.45. The predicted octanol–water partition coefficient (Wildman–Crippen LogP) is 5.27. The number of carbonyl (C=O) groups excluding carboxylic acids is 2. The van der Waals surface area contributed by atoms with Gasteiger partial charge in [-0.3, -0.25) is 4.79 Å². The number of anilines is 1. The van der Waals surface area contributed by atoms with Crippen LogP contribution in [0, 0.1) is 17.6 Å². The van der Waals surface area contributed by atoms with E-state index in [2.05, 4.69) is 0 Å². The number of nitrogens with one attached hydrogen (secondary N) is 1. The quantitative estimate of drug-likeness (QED) is 0.329. The Morgan fingerprint density at radius 3 is 2.23 bits per heavy atom. The molecule has 9 nitrogen and oxygen atoms in total. The maximum absolute atomic E-state index is 16.5.